The number of carbonyl (C=O) groups is 2. The average molecular weight is 580 g/mol. The Balaban J connectivity index is 1.62. The predicted octanol–water partition coefficient (Wildman–Crippen LogP) is 3.37. The lowest BCUT2D eigenvalue weighted by Gasteiger charge is -2.40. The molecule has 3 aliphatic rings. The quantitative estimate of drug-likeness (QED) is 0.111. The van der Waals surface area contributed by atoms with Gasteiger partial charge >= 0.3 is 5.97 Å². The molecular formula is C31H49NO9. The zero-order valence-electron chi connectivity index (χ0n) is 25.5. The maximum atomic E-state index is 12.2. The van der Waals surface area contributed by atoms with E-state index in [4.69, 9.17) is 28.4 Å². The molecule has 0 aromatic heterocycles. The molecule has 0 bridgehead atoms. The van der Waals surface area contributed by atoms with Crippen LogP contribution in [0, 0.1) is 5.92 Å². The molecule has 1 spiro atoms. The molecule has 232 valence electrons. The van der Waals surface area contributed by atoms with Crippen molar-refractivity contribution in [1.29, 1.82) is 0 Å². The number of allylic oxidation sites excluding steroid dienone is 2. The number of rotatable bonds is 13. The number of aliphatic hydroxyl groups is 1. The molecule has 3 rings (SSSR count). The van der Waals surface area contributed by atoms with Gasteiger partial charge in [0.2, 0.25) is 5.91 Å². The van der Waals surface area contributed by atoms with Crippen molar-refractivity contribution in [2.75, 3.05) is 20.3 Å². The Labute approximate surface area is 244 Å². The van der Waals surface area contributed by atoms with Crippen LogP contribution in [0.4, 0.5) is 0 Å². The molecule has 3 heterocycles. The first-order valence-electron chi connectivity index (χ1n) is 14.8. The van der Waals surface area contributed by atoms with Crippen molar-refractivity contribution in [1.82, 2.24) is 5.32 Å². The highest BCUT2D eigenvalue weighted by atomic mass is 16.7. The van der Waals surface area contributed by atoms with Gasteiger partial charge in [0.25, 0.3) is 0 Å². The summed E-state index contributed by atoms with van der Waals surface area (Å²) in [6.45, 7) is 12.6. The van der Waals surface area contributed by atoms with Gasteiger partial charge in [-0.25, -0.2) is 0 Å². The zero-order chi connectivity index (χ0) is 30.2. The first-order chi connectivity index (χ1) is 19.5. The number of hydrogen-bond donors (Lipinski definition) is 2. The topological polar surface area (TPSA) is 125 Å². The molecule has 1 unspecified atom stereocenters. The smallest absolute Gasteiger partial charge is 0.308 e. The summed E-state index contributed by atoms with van der Waals surface area (Å²) in [6.07, 6.45) is 8.87. The first kappa shape index (κ1) is 33.4. The molecule has 3 aliphatic heterocycles. The molecule has 3 fully saturated rings. The highest BCUT2D eigenvalue weighted by Gasteiger charge is 2.60. The van der Waals surface area contributed by atoms with Crippen LogP contribution < -0.4 is 5.32 Å². The van der Waals surface area contributed by atoms with Crippen molar-refractivity contribution in [2.45, 2.75) is 122 Å². The molecule has 0 saturated carbocycles. The second kappa shape index (κ2) is 15.4. The Bertz CT molecular complexity index is 957. The molecule has 0 aromatic carbocycles. The molecule has 0 radical (unpaired) electrons. The summed E-state index contributed by atoms with van der Waals surface area (Å²) in [6, 6.07) is -0.0910. The van der Waals surface area contributed by atoms with Gasteiger partial charge in [-0.3, -0.25) is 9.59 Å². The summed E-state index contributed by atoms with van der Waals surface area (Å²) in [5, 5.41) is 12.3. The summed E-state index contributed by atoms with van der Waals surface area (Å²) in [4.78, 5) is 24.1. The van der Waals surface area contributed by atoms with Crippen molar-refractivity contribution < 1.29 is 43.1 Å². The van der Waals surface area contributed by atoms with Crippen LogP contribution in [0.1, 0.15) is 67.2 Å². The zero-order valence-corrected chi connectivity index (χ0v) is 25.5. The molecule has 41 heavy (non-hydrogen) atoms. The third kappa shape index (κ3) is 10.0. The number of amides is 1. The van der Waals surface area contributed by atoms with Crippen molar-refractivity contribution in [3.63, 3.8) is 0 Å². The Morgan fingerprint density at radius 3 is 2.56 bits per heavy atom. The summed E-state index contributed by atoms with van der Waals surface area (Å²) < 4.78 is 35.3. The minimum Gasteiger partial charge on any atom is -0.469 e. The van der Waals surface area contributed by atoms with Crippen LogP contribution in [0.5, 0.6) is 0 Å². The fourth-order valence-electron chi connectivity index (χ4n) is 5.52. The number of esters is 1. The van der Waals surface area contributed by atoms with Crippen molar-refractivity contribution in [2.24, 2.45) is 5.92 Å². The van der Waals surface area contributed by atoms with E-state index in [1.54, 1.807) is 6.92 Å². The van der Waals surface area contributed by atoms with Gasteiger partial charge in [0.15, 0.2) is 6.29 Å². The van der Waals surface area contributed by atoms with Gasteiger partial charge in [-0.2, -0.15) is 0 Å². The summed E-state index contributed by atoms with van der Waals surface area (Å²) in [5.74, 6) is -0.302. The van der Waals surface area contributed by atoms with Crippen LogP contribution in [-0.2, 0) is 38.0 Å². The number of aliphatic hydroxyl groups excluding tert-OH is 1. The SMILES string of the molecule is CCOC(C)O[C@@H]1[C@@H](C=CC(C)=CC[C@@H]2O[C@H](C)[C@H](NC(=O)C=C[C@H](C)O)C[C@@H]2C)O[C@H](CC(=O)OC)C[C@@]12CO2. The first-order valence-corrected chi connectivity index (χ1v) is 14.8. The fraction of sp³-hybridized carbons (Fsp3) is 0.742. The standard InChI is InChI=1S/C31H49NO9/c1-8-37-23(6)40-30-27(41-24(16-29(35)36-7)17-31(30)18-38-31)13-10-19(2)9-12-26-20(3)15-25(22(5)39-26)32-28(34)14-11-21(4)33/h9-11,13-14,20-27,30,33H,8,12,15-18H2,1-7H3,(H,32,34)/t20-,21-,22+,23?,24+,25+,26-,27+,30+,31+/m0/s1. The number of nitrogens with one attached hydrogen (secondary N) is 1. The maximum Gasteiger partial charge on any atom is 0.308 e. The minimum absolute atomic E-state index is 0.0242. The summed E-state index contributed by atoms with van der Waals surface area (Å²) in [7, 11) is 1.38. The van der Waals surface area contributed by atoms with Crippen molar-refractivity contribution in [3.8, 4) is 0 Å². The van der Waals surface area contributed by atoms with Crippen LogP contribution >= 0.6 is 0 Å². The number of epoxide rings is 1. The van der Waals surface area contributed by atoms with E-state index in [9.17, 15) is 14.7 Å². The van der Waals surface area contributed by atoms with Gasteiger partial charge in [0.1, 0.15) is 17.8 Å². The summed E-state index contributed by atoms with van der Waals surface area (Å²) in [5.41, 5.74) is 0.544. The molecule has 10 heteroatoms. The number of hydrogen-bond acceptors (Lipinski definition) is 9. The number of carbonyl (C=O) groups excluding carboxylic acids is 2. The minimum atomic E-state index is -0.667. The van der Waals surface area contributed by atoms with Crippen molar-refractivity contribution in [3.05, 3.63) is 36.0 Å². The number of methoxy groups -OCH3 is 1. The maximum absolute atomic E-state index is 12.2. The van der Waals surface area contributed by atoms with Gasteiger partial charge in [-0.05, 0) is 53.4 Å². The molecule has 10 atom stereocenters. The van der Waals surface area contributed by atoms with Gasteiger partial charge < -0.3 is 38.8 Å². The second-order valence-electron chi connectivity index (χ2n) is 11.5. The molecule has 0 aromatic rings. The van der Waals surface area contributed by atoms with E-state index in [1.165, 1.54) is 19.3 Å². The lowest BCUT2D eigenvalue weighted by Crippen LogP contribution is -2.53. The molecule has 2 N–H and O–H groups in total. The van der Waals surface area contributed by atoms with Crippen LogP contribution in [0.3, 0.4) is 0 Å². The van der Waals surface area contributed by atoms with E-state index < -0.39 is 24.1 Å². The fourth-order valence-corrected chi connectivity index (χ4v) is 5.52. The number of ether oxygens (including phenoxy) is 6. The van der Waals surface area contributed by atoms with Gasteiger partial charge in [0, 0.05) is 19.1 Å². The van der Waals surface area contributed by atoms with Gasteiger partial charge in [-0.1, -0.05) is 36.8 Å². The Morgan fingerprint density at radius 1 is 1.20 bits per heavy atom. The lowest BCUT2D eigenvalue weighted by molar-refractivity contribution is -0.227. The molecule has 0 aliphatic carbocycles. The van der Waals surface area contributed by atoms with Crippen molar-refractivity contribution >= 4 is 11.9 Å². The third-order valence-corrected chi connectivity index (χ3v) is 7.91. The van der Waals surface area contributed by atoms with Crippen LogP contribution in [0.2, 0.25) is 0 Å². The second-order valence-corrected chi connectivity index (χ2v) is 11.5. The van der Waals surface area contributed by atoms with Gasteiger partial charge in [0.05, 0.1) is 50.6 Å². The van der Waals surface area contributed by atoms with E-state index in [2.05, 4.69) is 18.3 Å². The largest absolute Gasteiger partial charge is 0.469 e. The highest BCUT2D eigenvalue weighted by Crippen LogP contribution is 2.45. The summed E-state index contributed by atoms with van der Waals surface area (Å²) >= 11 is 0. The monoisotopic (exact) mass is 579 g/mol. The Hall–Kier alpha value is -2.08. The molecule has 3 saturated heterocycles. The Kier molecular flexibility index (Phi) is 12.6. The molecule has 10 nitrogen and oxygen atoms in total. The van der Waals surface area contributed by atoms with Crippen LogP contribution in [-0.4, -0.2) is 91.9 Å². The van der Waals surface area contributed by atoms with E-state index >= 15 is 0 Å². The Morgan fingerprint density at radius 2 is 1.93 bits per heavy atom. The van der Waals surface area contributed by atoms with E-state index in [0.717, 1.165) is 18.4 Å². The van der Waals surface area contributed by atoms with Crippen LogP contribution in [0.25, 0.3) is 0 Å². The lowest BCUT2D eigenvalue weighted by atomic mass is 9.87. The average Bonchev–Trinajstić information content (AvgIpc) is 3.68. The normalized spacial score (nSPS) is 35.5. The molecule has 1 amide bonds. The van der Waals surface area contributed by atoms with E-state index in [-0.39, 0.29) is 54.7 Å². The molecular weight excluding hydrogens is 530 g/mol. The highest BCUT2D eigenvalue weighted by molar-refractivity contribution is 5.87. The van der Waals surface area contributed by atoms with Crippen LogP contribution in [0.15, 0.2) is 36.0 Å². The van der Waals surface area contributed by atoms with E-state index in [1.807, 2.05) is 39.8 Å². The third-order valence-electron chi connectivity index (χ3n) is 7.91. The van der Waals surface area contributed by atoms with Gasteiger partial charge in [-0.15, -0.1) is 0 Å². The predicted molar refractivity (Wildman–Crippen MR) is 153 cm³/mol. The van der Waals surface area contributed by atoms with E-state index in [0.29, 0.717) is 19.6 Å².